The molecule has 3 heterocycles. The Hall–Kier alpha value is -2.89. The summed E-state index contributed by atoms with van der Waals surface area (Å²) in [6, 6.07) is 21.6. The van der Waals surface area contributed by atoms with Crippen LogP contribution < -0.4 is 0 Å². The fourth-order valence-corrected chi connectivity index (χ4v) is 4.61. The first-order valence-corrected chi connectivity index (χ1v) is 10.7. The van der Waals surface area contributed by atoms with Gasteiger partial charge in [0.2, 0.25) is 0 Å². The van der Waals surface area contributed by atoms with Crippen molar-refractivity contribution >= 4 is 28.8 Å². The minimum absolute atomic E-state index is 0.0327. The maximum Gasteiger partial charge on any atom is 0.272 e. The highest BCUT2D eigenvalue weighted by Crippen LogP contribution is 2.29. The van der Waals surface area contributed by atoms with Crippen molar-refractivity contribution in [2.24, 2.45) is 0 Å². The molecule has 0 saturated heterocycles. The molecule has 1 aliphatic rings. The molecule has 0 fully saturated rings. The van der Waals surface area contributed by atoms with Gasteiger partial charge in [-0.3, -0.25) is 4.79 Å². The van der Waals surface area contributed by atoms with Gasteiger partial charge in [-0.1, -0.05) is 54.1 Å². The van der Waals surface area contributed by atoms with Gasteiger partial charge in [-0.15, -0.1) is 11.3 Å². The van der Waals surface area contributed by atoms with Crippen LogP contribution in [0.15, 0.2) is 72.1 Å². The van der Waals surface area contributed by atoms with Crippen LogP contribution in [0.5, 0.6) is 0 Å². The fourth-order valence-electron chi connectivity index (χ4n) is 3.72. The third-order valence-electron chi connectivity index (χ3n) is 5.20. The maximum absolute atomic E-state index is 13.5. The van der Waals surface area contributed by atoms with Crippen molar-refractivity contribution in [3.63, 3.8) is 0 Å². The molecule has 0 radical (unpaired) electrons. The van der Waals surface area contributed by atoms with E-state index in [0.29, 0.717) is 29.5 Å². The summed E-state index contributed by atoms with van der Waals surface area (Å²) in [5.41, 5.74) is 4.53. The number of hydrogen-bond acceptors (Lipinski definition) is 3. The van der Waals surface area contributed by atoms with Crippen LogP contribution in [0.3, 0.4) is 0 Å². The summed E-state index contributed by atoms with van der Waals surface area (Å²) in [5, 5.41) is 7.31. The Labute approximate surface area is 178 Å². The lowest BCUT2D eigenvalue weighted by atomic mass is 10.00. The van der Waals surface area contributed by atoms with Crippen LogP contribution in [0.1, 0.15) is 21.6 Å². The second kappa shape index (κ2) is 7.50. The number of fused-ring (bicyclic) bond motifs is 1. The zero-order valence-corrected chi connectivity index (χ0v) is 17.2. The molecule has 2 aromatic heterocycles. The van der Waals surface area contributed by atoms with Crippen LogP contribution in [-0.4, -0.2) is 27.1 Å². The molecule has 1 aliphatic heterocycles. The zero-order chi connectivity index (χ0) is 19.8. The molecule has 5 rings (SSSR count). The molecule has 29 heavy (non-hydrogen) atoms. The topological polar surface area (TPSA) is 38.1 Å². The van der Waals surface area contributed by atoms with Crippen LogP contribution in [0.4, 0.5) is 0 Å². The predicted molar refractivity (Wildman–Crippen MR) is 117 cm³/mol. The van der Waals surface area contributed by atoms with Crippen molar-refractivity contribution in [2.45, 2.75) is 13.0 Å². The van der Waals surface area contributed by atoms with Gasteiger partial charge in [0.1, 0.15) is 11.4 Å². The molecule has 1 amide bonds. The highest BCUT2D eigenvalue weighted by molar-refractivity contribution is 7.13. The second-order valence-electron chi connectivity index (χ2n) is 7.00. The monoisotopic (exact) mass is 419 g/mol. The van der Waals surface area contributed by atoms with Crippen molar-refractivity contribution in [3.8, 4) is 16.3 Å². The Morgan fingerprint density at radius 1 is 1.00 bits per heavy atom. The number of nitrogens with zero attached hydrogens (tertiary/aromatic N) is 3. The number of benzene rings is 2. The van der Waals surface area contributed by atoms with Gasteiger partial charge in [-0.2, -0.15) is 5.10 Å². The quantitative estimate of drug-likeness (QED) is 0.442. The first-order valence-electron chi connectivity index (χ1n) is 9.45. The molecule has 0 atom stereocenters. The van der Waals surface area contributed by atoms with E-state index >= 15 is 0 Å². The molecule has 0 N–H and O–H groups in total. The van der Waals surface area contributed by atoms with Crippen LogP contribution >= 0.6 is 22.9 Å². The van der Waals surface area contributed by atoms with Crippen molar-refractivity contribution in [1.82, 2.24) is 14.7 Å². The lowest BCUT2D eigenvalue weighted by molar-refractivity contribution is 0.0725. The van der Waals surface area contributed by atoms with Crippen molar-refractivity contribution in [2.75, 3.05) is 6.54 Å². The number of amides is 1. The van der Waals surface area contributed by atoms with Gasteiger partial charge in [0, 0.05) is 13.1 Å². The van der Waals surface area contributed by atoms with E-state index in [1.54, 1.807) is 16.0 Å². The summed E-state index contributed by atoms with van der Waals surface area (Å²) in [6.45, 7) is 1.30. The van der Waals surface area contributed by atoms with Crippen LogP contribution in [-0.2, 0) is 13.0 Å². The average molecular weight is 420 g/mol. The van der Waals surface area contributed by atoms with Crippen molar-refractivity contribution in [3.05, 3.63) is 94.0 Å². The van der Waals surface area contributed by atoms with Gasteiger partial charge in [0.25, 0.3) is 5.91 Å². The number of halogens is 1. The van der Waals surface area contributed by atoms with Crippen LogP contribution in [0.25, 0.3) is 16.3 Å². The first-order chi connectivity index (χ1) is 14.2. The molecule has 0 saturated carbocycles. The summed E-state index contributed by atoms with van der Waals surface area (Å²) in [7, 11) is 0. The zero-order valence-electron chi connectivity index (χ0n) is 15.6. The number of para-hydroxylation sites is 1. The number of aromatic nitrogens is 2. The molecule has 2 aromatic carbocycles. The van der Waals surface area contributed by atoms with Crippen molar-refractivity contribution in [1.29, 1.82) is 0 Å². The third kappa shape index (κ3) is 3.37. The number of thiophene rings is 1. The molecular formula is C23H18ClN3OS. The highest BCUT2D eigenvalue weighted by Gasteiger charge is 2.26. The van der Waals surface area contributed by atoms with Gasteiger partial charge >= 0.3 is 0 Å². The summed E-state index contributed by atoms with van der Waals surface area (Å²) < 4.78 is 1.68. The Kier molecular flexibility index (Phi) is 4.70. The SMILES string of the molecule is O=C(c1cc(-c2cccs2)nn1-c1ccccc1Cl)N1CCc2ccccc2C1. The van der Waals surface area contributed by atoms with Gasteiger partial charge < -0.3 is 4.90 Å². The molecule has 0 unspecified atom stereocenters. The summed E-state index contributed by atoms with van der Waals surface area (Å²) in [5.74, 6) is -0.0327. The lowest BCUT2D eigenvalue weighted by Gasteiger charge is -2.29. The minimum Gasteiger partial charge on any atom is -0.333 e. The van der Waals surface area contributed by atoms with E-state index in [9.17, 15) is 4.79 Å². The minimum atomic E-state index is -0.0327. The van der Waals surface area contributed by atoms with Crippen LogP contribution in [0.2, 0.25) is 5.02 Å². The second-order valence-corrected chi connectivity index (χ2v) is 8.36. The van der Waals surface area contributed by atoms with Gasteiger partial charge in [-0.05, 0) is 47.2 Å². The maximum atomic E-state index is 13.5. The molecule has 0 spiro atoms. The predicted octanol–water partition coefficient (Wildman–Crippen LogP) is 5.45. The average Bonchev–Trinajstić information content (AvgIpc) is 3.43. The molecule has 0 aliphatic carbocycles. The standard InChI is InChI=1S/C23H18ClN3OS/c24-18-8-3-4-9-20(18)27-21(14-19(25-27)22-10-5-13-29-22)23(28)26-12-11-16-6-1-2-7-17(16)15-26/h1-10,13-14H,11-12,15H2. The van der Waals surface area contributed by atoms with Gasteiger partial charge in [-0.25, -0.2) is 4.68 Å². The van der Waals surface area contributed by atoms with E-state index in [-0.39, 0.29) is 5.91 Å². The van der Waals surface area contributed by atoms with E-state index in [1.165, 1.54) is 11.1 Å². The summed E-state index contributed by atoms with van der Waals surface area (Å²) >= 11 is 8.04. The Morgan fingerprint density at radius 3 is 2.59 bits per heavy atom. The molecule has 4 aromatic rings. The number of rotatable bonds is 3. The number of carbonyl (C=O) groups is 1. The molecular weight excluding hydrogens is 402 g/mol. The Balaban J connectivity index is 1.57. The van der Waals surface area contributed by atoms with Crippen LogP contribution in [0, 0.1) is 0 Å². The molecule has 6 heteroatoms. The number of carbonyl (C=O) groups excluding carboxylic acids is 1. The molecule has 4 nitrogen and oxygen atoms in total. The van der Waals surface area contributed by atoms with Gasteiger partial charge in [0.05, 0.1) is 15.6 Å². The highest BCUT2D eigenvalue weighted by atomic mass is 35.5. The summed E-state index contributed by atoms with van der Waals surface area (Å²) in [4.78, 5) is 16.4. The fraction of sp³-hybridized carbons (Fsp3) is 0.130. The van der Waals surface area contributed by atoms with E-state index < -0.39 is 0 Å². The lowest BCUT2D eigenvalue weighted by Crippen LogP contribution is -2.37. The van der Waals surface area contributed by atoms with Crippen molar-refractivity contribution < 1.29 is 4.79 Å². The van der Waals surface area contributed by atoms with E-state index in [2.05, 4.69) is 18.2 Å². The number of hydrogen-bond donors (Lipinski definition) is 0. The van der Waals surface area contributed by atoms with E-state index in [1.807, 2.05) is 58.8 Å². The third-order valence-corrected chi connectivity index (χ3v) is 6.41. The van der Waals surface area contributed by atoms with Gasteiger partial charge in [0.15, 0.2) is 0 Å². The molecule has 0 bridgehead atoms. The largest absolute Gasteiger partial charge is 0.333 e. The summed E-state index contributed by atoms with van der Waals surface area (Å²) in [6.07, 6.45) is 0.861. The molecule has 144 valence electrons. The Bertz CT molecular complexity index is 1180. The normalized spacial score (nSPS) is 13.3. The Morgan fingerprint density at radius 2 is 1.79 bits per heavy atom. The van der Waals surface area contributed by atoms with E-state index in [4.69, 9.17) is 16.7 Å². The van der Waals surface area contributed by atoms with E-state index in [0.717, 1.165) is 17.0 Å². The smallest absolute Gasteiger partial charge is 0.272 e. The first kappa shape index (κ1) is 18.2.